The maximum atomic E-state index is 12.8. The molecule has 0 spiro atoms. The number of fused-ring (bicyclic) bond motifs is 1. The number of nitrogens with two attached hydrogens (primary N) is 1. The molecule has 1 aliphatic heterocycles. The molecule has 1 fully saturated rings. The third kappa shape index (κ3) is 2.52. The van der Waals surface area contributed by atoms with E-state index in [1.807, 2.05) is 0 Å². The first kappa shape index (κ1) is 14.4. The summed E-state index contributed by atoms with van der Waals surface area (Å²) in [5.74, 6) is 0. The topological polar surface area (TPSA) is 88.4 Å². The van der Waals surface area contributed by atoms with Gasteiger partial charge in [-0.2, -0.15) is 4.31 Å². The van der Waals surface area contributed by atoms with Crippen LogP contribution in [0.3, 0.4) is 0 Å². The molecule has 1 aromatic heterocycles. The average Bonchev–Trinajstić information content (AvgIpc) is 2.91. The Bertz CT molecular complexity index is 746. The van der Waals surface area contributed by atoms with Crippen LogP contribution in [0.1, 0.15) is 12.8 Å². The first-order chi connectivity index (χ1) is 10.0. The number of piperidine rings is 1. The Hall–Kier alpha value is -1.57. The molecule has 2 heterocycles. The Labute approximate surface area is 123 Å². The van der Waals surface area contributed by atoms with Crippen molar-refractivity contribution < 1.29 is 13.2 Å². The summed E-state index contributed by atoms with van der Waals surface area (Å²) in [7, 11) is -1.82. The molecule has 0 radical (unpaired) electrons. The molecule has 0 atom stereocenters. The van der Waals surface area contributed by atoms with Gasteiger partial charge in [0, 0.05) is 43.0 Å². The molecule has 21 heavy (non-hydrogen) atoms. The lowest BCUT2D eigenvalue weighted by Gasteiger charge is -2.30. The van der Waals surface area contributed by atoms with Gasteiger partial charge in [-0.1, -0.05) is 0 Å². The van der Waals surface area contributed by atoms with Crippen LogP contribution >= 0.6 is 0 Å². The van der Waals surface area contributed by atoms with E-state index in [0.29, 0.717) is 29.1 Å². The van der Waals surface area contributed by atoms with Gasteiger partial charge in [0.15, 0.2) is 0 Å². The van der Waals surface area contributed by atoms with E-state index in [-0.39, 0.29) is 6.10 Å². The van der Waals surface area contributed by atoms with Gasteiger partial charge in [-0.3, -0.25) is 0 Å². The van der Waals surface area contributed by atoms with Crippen molar-refractivity contribution in [3.05, 3.63) is 24.4 Å². The predicted molar refractivity (Wildman–Crippen MR) is 81.5 cm³/mol. The number of methoxy groups -OCH3 is 1. The normalized spacial score (nSPS) is 18.3. The number of anilines is 1. The number of nitrogen functional groups attached to an aromatic ring is 1. The van der Waals surface area contributed by atoms with Gasteiger partial charge >= 0.3 is 0 Å². The summed E-state index contributed by atoms with van der Waals surface area (Å²) >= 11 is 0. The van der Waals surface area contributed by atoms with Crippen molar-refractivity contribution in [2.24, 2.45) is 0 Å². The van der Waals surface area contributed by atoms with Crippen molar-refractivity contribution in [1.82, 2.24) is 9.29 Å². The fraction of sp³-hybridized carbons (Fsp3) is 0.429. The summed E-state index contributed by atoms with van der Waals surface area (Å²) in [6.07, 6.45) is 3.15. The van der Waals surface area contributed by atoms with E-state index in [1.54, 1.807) is 31.5 Å². The van der Waals surface area contributed by atoms with Crippen LogP contribution in [0, 0.1) is 0 Å². The second-order valence-corrected chi connectivity index (χ2v) is 7.20. The van der Waals surface area contributed by atoms with E-state index < -0.39 is 10.0 Å². The average molecular weight is 309 g/mol. The molecular weight excluding hydrogens is 290 g/mol. The molecule has 1 aliphatic rings. The highest BCUT2D eigenvalue weighted by molar-refractivity contribution is 7.89. The molecule has 1 aromatic carbocycles. The van der Waals surface area contributed by atoms with Crippen LogP contribution in [-0.4, -0.2) is 44.0 Å². The molecule has 1 saturated heterocycles. The Morgan fingerprint density at radius 3 is 2.71 bits per heavy atom. The van der Waals surface area contributed by atoms with E-state index >= 15 is 0 Å². The highest BCUT2D eigenvalue weighted by Crippen LogP contribution is 2.28. The fourth-order valence-corrected chi connectivity index (χ4v) is 4.41. The first-order valence-electron chi connectivity index (χ1n) is 6.92. The van der Waals surface area contributed by atoms with Gasteiger partial charge < -0.3 is 15.5 Å². The van der Waals surface area contributed by atoms with Gasteiger partial charge in [-0.05, 0) is 31.0 Å². The summed E-state index contributed by atoms with van der Waals surface area (Å²) in [5, 5.41) is 0.679. The molecule has 3 N–H and O–H groups in total. The fourth-order valence-electron chi connectivity index (χ4n) is 2.78. The number of sulfonamides is 1. The minimum atomic E-state index is -3.48. The second-order valence-electron chi connectivity index (χ2n) is 5.30. The number of ether oxygens (including phenoxy) is 1. The Morgan fingerprint density at radius 2 is 2.05 bits per heavy atom. The number of rotatable bonds is 3. The minimum Gasteiger partial charge on any atom is -0.399 e. The number of nitrogens with zero attached hydrogens (tertiary/aromatic N) is 1. The number of nitrogens with one attached hydrogen (secondary N) is 1. The van der Waals surface area contributed by atoms with Crippen molar-refractivity contribution >= 4 is 26.6 Å². The molecule has 114 valence electrons. The van der Waals surface area contributed by atoms with Gasteiger partial charge in [0.05, 0.1) is 6.10 Å². The van der Waals surface area contributed by atoms with Crippen molar-refractivity contribution in [1.29, 1.82) is 0 Å². The van der Waals surface area contributed by atoms with E-state index in [4.69, 9.17) is 10.5 Å². The lowest BCUT2D eigenvalue weighted by molar-refractivity contribution is 0.0604. The quantitative estimate of drug-likeness (QED) is 0.842. The van der Waals surface area contributed by atoms with E-state index in [2.05, 4.69) is 4.98 Å². The number of benzene rings is 1. The van der Waals surface area contributed by atoms with Gasteiger partial charge in [0.1, 0.15) is 4.90 Å². The standard InChI is InChI=1S/C14H19N3O3S/c1-20-11-4-6-17(7-5-11)21(18,19)14-9-16-13-8-10(15)2-3-12(13)14/h2-3,8-9,11,16H,4-7,15H2,1H3. The van der Waals surface area contributed by atoms with E-state index in [9.17, 15) is 8.42 Å². The summed E-state index contributed by atoms with van der Waals surface area (Å²) in [6, 6.07) is 5.20. The van der Waals surface area contributed by atoms with Crippen molar-refractivity contribution in [3.63, 3.8) is 0 Å². The molecule has 0 unspecified atom stereocenters. The van der Waals surface area contributed by atoms with Gasteiger partial charge in [0.25, 0.3) is 0 Å². The van der Waals surface area contributed by atoms with Crippen molar-refractivity contribution in [2.75, 3.05) is 25.9 Å². The number of hydrogen-bond donors (Lipinski definition) is 2. The zero-order chi connectivity index (χ0) is 15.0. The Balaban J connectivity index is 1.94. The van der Waals surface area contributed by atoms with Crippen molar-refractivity contribution in [3.8, 4) is 0 Å². The Kier molecular flexibility index (Phi) is 3.64. The number of hydrogen-bond acceptors (Lipinski definition) is 4. The highest BCUT2D eigenvalue weighted by Gasteiger charge is 2.31. The summed E-state index contributed by atoms with van der Waals surface area (Å²) in [4.78, 5) is 3.30. The third-order valence-corrected chi connectivity index (χ3v) is 5.96. The molecule has 0 amide bonds. The molecule has 0 bridgehead atoms. The lowest BCUT2D eigenvalue weighted by atomic mass is 10.1. The van der Waals surface area contributed by atoms with Gasteiger partial charge in [-0.15, -0.1) is 0 Å². The molecule has 0 saturated carbocycles. The number of aromatic nitrogens is 1. The highest BCUT2D eigenvalue weighted by atomic mass is 32.2. The van der Waals surface area contributed by atoms with E-state index in [0.717, 1.165) is 18.4 Å². The first-order valence-corrected chi connectivity index (χ1v) is 8.36. The van der Waals surface area contributed by atoms with Gasteiger partial charge in [0.2, 0.25) is 10.0 Å². The van der Waals surface area contributed by atoms with Crippen LogP contribution in [0.5, 0.6) is 0 Å². The SMILES string of the molecule is COC1CCN(S(=O)(=O)c2c[nH]c3cc(N)ccc23)CC1. The zero-order valence-electron chi connectivity index (χ0n) is 11.9. The predicted octanol–water partition coefficient (Wildman–Crippen LogP) is 1.55. The van der Waals surface area contributed by atoms with Crippen LogP contribution in [0.25, 0.3) is 10.9 Å². The smallest absolute Gasteiger partial charge is 0.245 e. The van der Waals surface area contributed by atoms with Crippen LogP contribution in [-0.2, 0) is 14.8 Å². The molecular formula is C14H19N3O3S. The molecule has 7 heteroatoms. The molecule has 2 aromatic rings. The lowest BCUT2D eigenvalue weighted by Crippen LogP contribution is -2.40. The third-order valence-electron chi connectivity index (χ3n) is 4.02. The summed E-state index contributed by atoms with van der Waals surface area (Å²) < 4.78 is 32.4. The maximum absolute atomic E-state index is 12.8. The monoisotopic (exact) mass is 309 g/mol. The molecule has 6 nitrogen and oxygen atoms in total. The van der Waals surface area contributed by atoms with Crippen LogP contribution < -0.4 is 5.73 Å². The summed E-state index contributed by atoms with van der Waals surface area (Å²) in [5.41, 5.74) is 7.06. The summed E-state index contributed by atoms with van der Waals surface area (Å²) in [6.45, 7) is 0.977. The van der Waals surface area contributed by atoms with Crippen LogP contribution in [0.15, 0.2) is 29.3 Å². The van der Waals surface area contributed by atoms with Crippen LogP contribution in [0.4, 0.5) is 5.69 Å². The molecule has 3 rings (SSSR count). The Morgan fingerprint density at radius 1 is 1.33 bits per heavy atom. The van der Waals surface area contributed by atoms with Gasteiger partial charge in [-0.25, -0.2) is 8.42 Å². The largest absolute Gasteiger partial charge is 0.399 e. The minimum absolute atomic E-state index is 0.152. The molecule has 0 aliphatic carbocycles. The number of aromatic amines is 1. The number of H-pyrrole nitrogens is 1. The second kappa shape index (κ2) is 5.32. The van der Waals surface area contributed by atoms with Crippen LogP contribution in [0.2, 0.25) is 0 Å². The van der Waals surface area contributed by atoms with E-state index in [1.165, 1.54) is 4.31 Å². The van der Waals surface area contributed by atoms with Crippen molar-refractivity contribution in [2.45, 2.75) is 23.8 Å². The zero-order valence-corrected chi connectivity index (χ0v) is 12.7. The maximum Gasteiger partial charge on any atom is 0.245 e.